The zero-order chi connectivity index (χ0) is 12.1. The van der Waals surface area contributed by atoms with Crippen LogP contribution in [0.1, 0.15) is 52.4 Å². The molecule has 0 spiro atoms. The molecule has 0 aliphatic carbocycles. The number of hydrogen-bond acceptors (Lipinski definition) is 2. The lowest BCUT2D eigenvalue weighted by Gasteiger charge is -2.29. The van der Waals surface area contributed by atoms with Gasteiger partial charge in [-0.2, -0.15) is 0 Å². The van der Waals surface area contributed by atoms with E-state index in [-0.39, 0.29) is 0 Å². The summed E-state index contributed by atoms with van der Waals surface area (Å²) in [6.45, 7) is 5.28. The van der Waals surface area contributed by atoms with Crippen molar-refractivity contribution in [2.45, 2.75) is 70.6 Å². The summed E-state index contributed by atoms with van der Waals surface area (Å²) >= 11 is 0. The molecule has 4 unspecified atom stereocenters. The van der Waals surface area contributed by atoms with Crippen LogP contribution in [-0.4, -0.2) is 24.8 Å². The Balaban J connectivity index is 1.86. The number of nitrogens with one attached hydrogen (secondary N) is 1. The highest BCUT2D eigenvalue weighted by Crippen LogP contribution is 2.41. The van der Waals surface area contributed by atoms with Crippen molar-refractivity contribution in [2.24, 2.45) is 5.92 Å². The van der Waals surface area contributed by atoms with Gasteiger partial charge in [0.25, 0.3) is 0 Å². The van der Waals surface area contributed by atoms with Crippen LogP contribution < -0.4 is 5.32 Å². The highest BCUT2D eigenvalue weighted by atomic mass is 16.5. The van der Waals surface area contributed by atoms with Crippen LogP contribution in [-0.2, 0) is 4.74 Å². The second kappa shape index (κ2) is 6.42. The molecule has 2 bridgehead atoms. The third-order valence-electron chi connectivity index (χ3n) is 4.08. The maximum absolute atomic E-state index is 5.98. The Morgan fingerprint density at radius 1 is 1.41 bits per heavy atom. The van der Waals surface area contributed by atoms with Crippen LogP contribution in [0.5, 0.6) is 0 Å². The summed E-state index contributed by atoms with van der Waals surface area (Å²) in [7, 11) is 0. The smallest absolute Gasteiger partial charge is 0.0623 e. The van der Waals surface area contributed by atoms with Gasteiger partial charge in [-0.25, -0.2) is 0 Å². The Kier molecular flexibility index (Phi) is 4.88. The Morgan fingerprint density at radius 2 is 2.29 bits per heavy atom. The maximum atomic E-state index is 5.98. The van der Waals surface area contributed by atoms with Crippen LogP contribution in [0.4, 0.5) is 0 Å². The summed E-state index contributed by atoms with van der Waals surface area (Å²) in [5.74, 6) is 6.92. The highest BCUT2D eigenvalue weighted by Gasteiger charge is 2.43. The van der Waals surface area contributed by atoms with E-state index in [2.05, 4.69) is 24.1 Å². The standard InChI is InChI=1S/C15H25NO/c1-3-5-6-7-14(16-10-4-2)13-11-12-8-9-15(13)17-12/h12-16H,4,6-11H2,1-2H3. The monoisotopic (exact) mass is 235 g/mol. The van der Waals surface area contributed by atoms with Gasteiger partial charge in [0.2, 0.25) is 0 Å². The fourth-order valence-corrected chi connectivity index (χ4v) is 3.25. The first-order valence-electron chi connectivity index (χ1n) is 7.13. The average Bonchev–Trinajstić information content (AvgIpc) is 2.95. The molecule has 96 valence electrons. The maximum Gasteiger partial charge on any atom is 0.0623 e. The number of hydrogen-bond donors (Lipinski definition) is 1. The van der Waals surface area contributed by atoms with Crippen molar-refractivity contribution in [2.75, 3.05) is 6.54 Å². The van der Waals surface area contributed by atoms with Crippen molar-refractivity contribution >= 4 is 0 Å². The zero-order valence-electron chi connectivity index (χ0n) is 11.2. The molecule has 0 aromatic heterocycles. The largest absolute Gasteiger partial charge is 0.375 e. The second-order valence-electron chi connectivity index (χ2n) is 5.30. The molecule has 4 atom stereocenters. The first kappa shape index (κ1) is 12.9. The van der Waals surface area contributed by atoms with Crippen LogP contribution in [0.25, 0.3) is 0 Å². The third-order valence-corrected chi connectivity index (χ3v) is 4.08. The van der Waals surface area contributed by atoms with Crippen molar-refractivity contribution in [3.05, 3.63) is 0 Å². The summed E-state index contributed by atoms with van der Waals surface area (Å²) in [5.41, 5.74) is 0. The van der Waals surface area contributed by atoms with Crippen LogP contribution in [0.3, 0.4) is 0 Å². The number of fused-ring (bicyclic) bond motifs is 2. The average molecular weight is 235 g/mol. The van der Waals surface area contributed by atoms with E-state index in [1.54, 1.807) is 0 Å². The summed E-state index contributed by atoms with van der Waals surface area (Å²) in [6, 6.07) is 0.617. The molecule has 2 heteroatoms. The predicted octanol–water partition coefficient (Wildman–Crippen LogP) is 2.73. The summed E-state index contributed by atoms with van der Waals surface area (Å²) in [4.78, 5) is 0. The van der Waals surface area contributed by atoms with Gasteiger partial charge in [-0.15, -0.1) is 11.8 Å². The molecule has 2 nitrogen and oxygen atoms in total. The van der Waals surface area contributed by atoms with Gasteiger partial charge in [0.1, 0.15) is 0 Å². The van der Waals surface area contributed by atoms with Crippen molar-refractivity contribution in [3.8, 4) is 11.8 Å². The quantitative estimate of drug-likeness (QED) is 0.715. The van der Waals surface area contributed by atoms with Crippen LogP contribution in [0, 0.1) is 17.8 Å². The molecule has 1 N–H and O–H groups in total. The first-order valence-corrected chi connectivity index (χ1v) is 7.13. The lowest BCUT2D eigenvalue weighted by molar-refractivity contribution is 0.0851. The van der Waals surface area contributed by atoms with E-state index in [0.717, 1.165) is 18.9 Å². The molecule has 2 saturated heterocycles. The van der Waals surface area contributed by atoms with Crippen LogP contribution in [0.15, 0.2) is 0 Å². The van der Waals surface area contributed by atoms with E-state index in [0.29, 0.717) is 18.2 Å². The van der Waals surface area contributed by atoms with Gasteiger partial charge >= 0.3 is 0 Å². The van der Waals surface area contributed by atoms with Gasteiger partial charge in [-0.3, -0.25) is 0 Å². The minimum atomic E-state index is 0.531. The topological polar surface area (TPSA) is 21.3 Å². The Morgan fingerprint density at radius 3 is 2.88 bits per heavy atom. The molecule has 0 saturated carbocycles. The van der Waals surface area contributed by atoms with E-state index in [4.69, 9.17) is 4.74 Å². The Bertz CT molecular complexity index is 291. The summed E-state index contributed by atoms with van der Waals surface area (Å²) in [6.07, 6.45) is 8.33. The minimum Gasteiger partial charge on any atom is -0.375 e. The van der Waals surface area contributed by atoms with Crippen LogP contribution >= 0.6 is 0 Å². The van der Waals surface area contributed by atoms with Crippen molar-refractivity contribution in [1.82, 2.24) is 5.32 Å². The van der Waals surface area contributed by atoms with Gasteiger partial charge in [0, 0.05) is 18.4 Å². The summed E-state index contributed by atoms with van der Waals surface area (Å²) in [5, 5.41) is 3.71. The van der Waals surface area contributed by atoms with E-state index in [1.165, 1.54) is 32.1 Å². The van der Waals surface area contributed by atoms with Gasteiger partial charge in [-0.1, -0.05) is 6.92 Å². The molecule has 2 aliphatic heterocycles. The zero-order valence-corrected chi connectivity index (χ0v) is 11.2. The first-order chi connectivity index (χ1) is 8.35. The lowest BCUT2D eigenvalue weighted by Crippen LogP contribution is -2.41. The fraction of sp³-hybridized carbons (Fsp3) is 0.867. The molecule has 17 heavy (non-hydrogen) atoms. The SMILES string of the molecule is CC#CCCC(NCCC)C1CC2CCC1O2. The van der Waals surface area contributed by atoms with Gasteiger partial charge in [0.05, 0.1) is 12.2 Å². The molecule has 2 heterocycles. The van der Waals surface area contributed by atoms with E-state index >= 15 is 0 Å². The van der Waals surface area contributed by atoms with Crippen molar-refractivity contribution in [1.29, 1.82) is 0 Å². The number of rotatable bonds is 6. The van der Waals surface area contributed by atoms with Gasteiger partial charge in [0.15, 0.2) is 0 Å². The fourth-order valence-electron chi connectivity index (χ4n) is 3.25. The predicted molar refractivity (Wildman–Crippen MR) is 70.8 cm³/mol. The van der Waals surface area contributed by atoms with Crippen LogP contribution in [0.2, 0.25) is 0 Å². The van der Waals surface area contributed by atoms with Crippen molar-refractivity contribution in [3.63, 3.8) is 0 Å². The van der Waals surface area contributed by atoms with E-state index in [1.807, 2.05) is 6.92 Å². The third kappa shape index (κ3) is 3.24. The van der Waals surface area contributed by atoms with Gasteiger partial charge in [-0.05, 0) is 45.6 Å². The van der Waals surface area contributed by atoms with Crippen molar-refractivity contribution < 1.29 is 4.74 Å². The van der Waals surface area contributed by atoms with E-state index in [9.17, 15) is 0 Å². The molecular weight excluding hydrogens is 210 g/mol. The number of ether oxygens (including phenoxy) is 1. The normalized spacial score (nSPS) is 32.2. The minimum absolute atomic E-state index is 0.531. The Hall–Kier alpha value is -0.520. The molecule has 2 rings (SSSR count). The molecule has 0 aromatic rings. The van der Waals surface area contributed by atoms with Gasteiger partial charge < -0.3 is 10.1 Å². The summed E-state index contributed by atoms with van der Waals surface area (Å²) < 4.78 is 5.98. The van der Waals surface area contributed by atoms with E-state index < -0.39 is 0 Å². The second-order valence-corrected chi connectivity index (χ2v) is 5.30. The molecule has 2 aliphatic rings. The highest BCUT2D eigenvalue weighted by molar-refractivity contribution is 4.99. The molecule has 0 amide bonds. The Labute approximate surface area is 105 Å². The molecule has 2 fully saturated rings. The molecular formula is C15H25NO. The lowest BCUT2D eigenvalue weighted by atomic mass is 9.82. The molecule has 0 aromatic carbocycles. The molecule has 0 radical (unpaired) electrons.